The molecule has 1 saturated heterocycles. The second-order valence-corrected chi connectivity index (χ2v) is 8.51. The van der Waals surface area contributed by atoms with Gasteiger partial charge in [0.15, 0.2) is 0 Å². The van der Waals surface area contributed by atoms with Crippen LogP contribution in [0.5, 0.6) is 0 Å². The maximum atomic E-state index is 13.8. The Balaban J connectivity index is 1.60. The number of hydrogen-bond donors (Lipinski definition) is 1. The third-order valence-electron chi connectivity index (χ3n) is 4.91. The quantitative estimate of drug-likeness (QED) is 0.826. The standard InChI is InChI=1S/C21H27FN4O4/c1-13-12-25(20(29)30-21(2,3)4)10-11-26(13)17(27)9-8-16-23-15-7-5-6-14(22)18(15)19(28)24-16/h5-7,13H,8-12H2,1-4H3,(H,23,24,28)/t13-/m0/s1. The van der Waals surface area contributed by atoms with Crippen molar-refractivity contribution < 1.29 is 18.7 Å². The number of piperazine rings is 1. The number of H-pyrrole nitrogens is 1. The molecule has 3 rings (SSSR count). The molecule has 1 aliphatic heterocycles. The fourth-order valence-corrected chi connectivity index (χ4v) is 3.51. The van der Waals surface area contributed by atoms with Gasteiger partial charge in [0.2, 0.25) is 5.91 Å². The van der Waals surface area contributed by atoms with E-state index < -0.39 is 17.0 Å². The third-order valence-corrected chi connectivity index (χ3v) is 4.91. The predicted molar refractivity (Wildman–Crippen MR) is 110 cm³/mol. The highest BCUT2D eigenvalue weighted by atomic mass is 19.1. The normalized spacial score (nSPS) is 17.3. The molecule has 0 aliphatic carbocycles. The maximum Gasteiger partial charge on any atom is 0.410 e. The predicted octanol–water partition coefficient (Wildman–Crippen LogP) is 2.46. The van der Waals surface area contributed by atoms with Crippen LogP contribution in [0.25, 0.3) is 10.9 Å². The summed E-state index contributed by atoms with van der Waals surface area (Å²) < 4.78 is 19.2. The Bertz CT molecular complexity index is 1010. The van der Waals surface area contributed by atoms with Crippen molar-refractivity contribution >= 4 is 22.9 Å². The molecule has 0 radical (unpaired) electrons. The number of nitrogens with one attached hydrogen (secondary N) is 1. The second-order valence-electron chi connectivity index (χ2n) is 8.51. The smallest absolute Gasteiger partial charge is 0.410 e. The molecule has 0 saturated carbocycles. The van der Waals surface area contributed by atoms with Gasteiger partial charge < -0.3 is 19.5 Å². The number of nitrogens with zero attached hydrogens (tertiary/aromatic N) is 3. The number of ether oxygens (including phenoxy) is 1. The van der Waals surface area contributed by atoms with Crippen molar-refractivity contribution in [3.63, 3.8) is 0 Å². The Hall–Kier alpha value is -2.97. The van der Waals surface area contributed by atoms with Crippen molar-refractivity contribution in [2.75, 3.05) is 19.6 Å². The van der Waals surface area contributed by atoms with Crippen molar-refractivity contribution in [3.05, 3.63) is 40.2 Å². The summed E-state index contributed by atoms with van der Waals surface area (Å²) in [4.78, 5) is 47.2. The summed E-state index contributed by atoms with van der Waals surface area (Å²) in [5.41, 5.74) is -0.861. The number of aromatic nitrogens is 2. The highest BCUT2D eigenvalue weighted by molar-refractivity contribution is 5.79. The summed E-state index contributed by atoms with van der Waals surface area (Å²) in [6.07, 6.45) is 0.00620. The number of aryl methyl sites for hydroxylation is 1. The summed E-state index contributed by atoms with van der Waals surface area (Å²) in [6.45, 7) is 8.52. The summed E-state index contributed by atoms with van der Waals surface area (Å²) in [6, 6.07) is 4.11. The molecule has 1 N–H and O–H groups in total. The average molecular weight is 418 g/mol. The lowest BCUT2D eigenvalue weighted by Gasteiger charge is -2.40. The van der Waals surface area contributed by atoms with Gasteiger partial charge in [-0.3, -0.25) is 9.59 Å². The molecule has 30 heavy (non-hydrogen) atoms. The molecule has 0 bridgehead atoms. The summed E-state index contributed by atoms with van der Waals surface area (Å²) >= 11 is 0. The van der Waals surface area contributed by atoms with E-state index in [9.17, 15) is 18.8 Å². The van der Waals surface area contributed by atoms with Gasteiger partial charge in [-0.2, -0.15) is 0 Å². The van der Waals surface area contributed by atoms with E-state index in [0.29, 0.717) is 25.5 Å². The van der Waals surface area contributed by atoms with Crippen molar-refractivity contribution in [3.8, 4) is 0 Å². The van der Waals surface area contributed by atoms with E-state index in [0.717, 1.165) is 0 Å². The van der Waals surface area contributed by atoms with Crippen LogP contribution in [0.3, 0.4) is 0 Å². The van der Waals surface area contributed by atoms with E-state index in [1.807, 2.05) is 27.7 Å². The number of aromatic amines is 1. The van der Waals surface area contributed by atoms with Crippen LogP contribution in [0.2, 0.25) is 0 Å². The minimum absolute atomic E-state index is 0.0838. The number of carbonyl (C=O) groups excluding carboxylic acids is 2. The van der Waals surface area contributed by atoms with Crippen molar-refractivity contribution in [2.24, 2.45) is 0 Å². The van der Waals surface area contributed by atoms with Crippen molar-refractivity contribution in [2.45, 2.75) is 52.2 Å². The fraction of sp³-hybridized carbons (Fsp3) is 0.524. The number of halogens is 1. The Morgan fingerprint density at radius 3 is 2.70 bits per heavy atom. The molecule has 0 unspecified atom stereocenters. The molecular weight excluding hydrogens is 391 g/mol. The van der Waals surface area contributed by atoms with Crippen LogP contribution >= 0.6 is 0 Å². The average Bonchev–Trinajstić information content (AvgIpc) is 2.64. The van der Waals surface area contributed by atoms with E-state index in [1.54, 1.807) is 15.9 Å². The van der Waals surface area contributed by atoms with Gasteiger partial charge in [-0.05, 0) is 39.8 Å². The van der Waals surface area contributed by atoms with Crippen LogP contribution in [-0.4, -0.2) is 63.0 Å². The zero-order valence-electron chi connectivity index (χ0n) is 17.7. The van der Waals surface area contributed by atoms with E-state index >= 15 is 0 Å². The van der Waals surface area contributed by atoms with E-state index in [4.69, 9.17) is 4.74 Å². The third kappa shape index (κ3) is 4.95. The van der Waals surface area contributed by atoms with Crippen LogP contribution < -0.4 is 5.56 Å². The van der Waals surface area contributed by atoms with E-state index in [2.05, 4.69) is 9.97 Å². The first-order chi connectivity index (χ1) is 14.0. The molecule has 1 atom stereocenters. The lowest BCUT2D eigenvalue weighted by atomic mass is 10.1. The van der Waals surface area contributed by atoms with Gasteiger partial charge in [0.1, 0.15) is 22.6 Å². The fourth-order valence-electron chi connectivity index (χ4n) is 3.51. The van der Waals surface area contributed by atoms with Gasteiger partial charge in [-0.25, -0.2) is 14.2 Å². The lowest BCUT2D eigenvalue weighted by Crippen LogP contribution is -2.56. The molecule has 2 heterocycles. The molecule has 2 amide bonds. The SMILES string of the molecule is C[C@H]1CN(C(=O)OC(C)(C)C)CCN1C(=O)CCc1nc2cccc(F)c2c(=O)[nH]1. The summed E-state index contributed by atoms with van der Waals surface area (Å²) in [7, 11) is 0. The molecule has 0 spiro atoms. The first kappa shape index (κ1) is 21.7. The molecule has 1 fully saturated rings. The van der Waals surface area contributed by atoms with Crippen LogP contribution in [0, 0.1) is 5.82 Å². The topological polar surface area (TPSA) is 95.6 Å². The minimum atomic E-state index is -0.624. The highest BCUT2D eigenvalue weighted by Crippen LogP contribution is 2.16. The van der Waals surface area contributed by atoms with Crippen LogP contribution in [0.15, 0.2) is 23.0 Å². The zero-order chi connectivity index (χ0) is 22.1. The molecule has 9 heteroatoms. The first-order valence-electron chi connectivity index (χ1n) is 10.00. The molecular formula is C21H27FN4O4. The number of amides is 2. The molecule has 162 valence electrons. The number of rotatable bonds is 3. The van der Waals surface area contributed by atoms with Gasteiger partial charge >= 0.3 is 6.09 Å². The second kappa shape index (κ2) is 8.41. The van der Waals surface area contributed by atoms with Crippen LogP contribution in [0.4, 0.5) is 9.18 Å². The lowest BCUT2D eigenvalue weighted by molar-refractivity contribution is -0.135. The Labute approximate surface area is 174 Å². The molecule has 1 aromatic carbocycles. The molecule has 1 aliphatic rings. The van der Waals surface area contributed by atoms with Crippen LogP contribution in [-0.2, 0) is 16.0 Å². The van der Waals surface area contributed by atoms with Gasteiger partial charge in [-0.15, -0.1) is 0 Å². The van der Waals surface area contributed by atoms with Crippen LogP contribution in [0.1, 0.15) is 39.9 Å². The Morgan fingerprint density at radius 2 is 2.03 bits per heavy atom. The van der Waals surface area contributed by atoms with Gasteiger partial charge in [0.05, 0.1) is 5.52 Å². The first-order valence-corrected chi connectivity index (χ1v) is 10.00. The van der Waals surface area contributed by atoms with Gasteiger partial charge in [-0.1, -0.05) is 6.07 Å². The van der Waals surface area contributed by atoms with E-state index in [1.165, 1.54) is 12.1 Å². The Kier molecular flexibility index (Phi) is 6.09. The van der Waals surface area contributed by atoms with Gasteiger partial charge in [0, 0.05) is 38.5 Å². The molecule has 1 aromatic heterocycles. The molecule has 2 aromatic rings. The monoisotopic (exact) mass is 418 g/mol. The van der Waals surface area contributed by atoms with E-state index in [-0.39, 0.29) is 41.8 Å². The largest absolute Gasteiger partial charge is 0.444 e. The highest BCUT2D eigenvalue weighted by Gasteiger charge is 2.31. The van der Waals surface area contributed by atoms with Crippen molar-refractivity contribution in [1.29, 1.82) is 0 Å². The van der Waals surface area contributed by atoms with Crippen molar-refractivity contribution in [1.82, 2.24) is 19.8 Å². The van der Waals surface area contributed by atoms with Gasteiger partial charge in [0.25, 0.3) is 5.56 Å². The Morgan fingerprint density at radius 1 is 1.30 bits per heavy atom. The summed E-state index contributed by atoms with van der Waals surface area (Å²) in [5.74, 6) is -0.375. The minimum Gasteiger partial charge on any atom is -0.444 e. The number of fused-ring (bicyclic) bond motifs is 1. The molecule has 8 nitrogen and oxygen atoms in total. The zero-order valence-corrected chi connectivity index (χ0v) is 17.7. The number of hydrogen-bond acceptors (Lipinski definition) is 5. The number of benzene rings is 1. The number of carbonyl (C=O) groups is 2. The summed E-state index contributed by atoms with van der Waals surface area (Å²) in [5, 5.41) is -0.0838. The maximum absolute atomic E-state index is 13.8.